The molecule has 0 radical (unpaired) electrons. The van der Waals surface area contributed by atoms with E-state index in [-0.39, 0.29) is 6.61 Å². The van der Waals surface area contributed by atoms with Crippen LogP contribution in [0.25, 0.3) is 0 Å². The molecule has 0 bridgehead atoms. The quantitative estimate of drug-likeness (QED) is 0.291. The maximum atomic E-state index is 12.6. The van der Waals surface area contributed by atoms with Gasteiger partial charge < -0.3 is 10.4 Å². The van der Waals surface area contributed by atoms with Gasteiger partial charge in [0.1, 0.15) is 0 Å². The van der Waals surface area contributed by atoms with Crippen LogP contribution in [0.1, 0.15) is 12.0 Å². The first kappa shape index (κ1) is 22.1. The highest BCUT2D eigenvalue weighted by molar-refractivity contribution is 5.52. The van der Waals surface area contributed by atoms with Gasteiger partial charge in [-0.25, -0.2) is 0 Å². The Hall–Kier alpha value is -3.59. The number of aliphatic hydroxyl groups excluding tert-OH is 1. The van der Waals surface area contributed by atoms with Gasteiger partial charge in [0.25, 0.3) is 0 Å². The number of benzene rings is 3. The van der Waals surface area contributed by atoms with E-state index in [2.05, 4.69) is 25.8 Å². The fourth-order valence-electron chi connectivity index (χ4n) is 2.49. The minimum atomic E-state index is -4.38. The minimum absolute atomic E-state index is 0.147. The van der Waals surface area contributed by atoms with E-state index in [1.54, 1.807) is 24.3 Å². The summed E-state index contributed by atoms with van der Waals surface area (Å²) in [5.74, 6) is 0. The van der Waals surface area contributed by atoms with Crippen LogP contribution in [0.5, 0.6) is 0 Å². The van der Waals surface area contributed by atoms with Crippen molar-refractivity contribution in [1.82, 2.24) is 0 Å². The second kappa shape index (κ2) is 10.4. The number of aliphatic hydroxyl groups is 1. The molecule has 9 heteroatoms. The topological polar surface area (TPSA) is 81.7 Å². The molecule has 0 spiro atoms. The van der Waals surface area contributed by atoms with Gasteiger partial charge in [-0.1, -0.05) is 0 Å². The lowest BCUT2D eigenvalue weighted by molar-refractivity contribution is -0.137. The number of azo groups is 2. The molecule has 0 aliphatic carbocycles. The van der Waals surface area contributed by atoms with Crippen LogP contribution in [0.2, 0.25) is 0 Å². The smallest absolute Gasteiger partial charge is 0.396 e. The number of hydrogen-bond acceptors (Lipinski definition) is 6. The first-order valence-electron chi connectivity index (χ1n) is 9.50. The van der Waals surface area contributed by atoms with Crippen LogP contribution in [-0.2, 0) is 6.18 Å². The molecule has 160 valence electrons. The van der Waals surface area contributed by atoms with E-state index in [1.165, 1.54) is 12.1 Å². The number of hydrogen-bond donors (Lipinski definition) is 2. The molecular formula is C22H20F3N5O. The van der Waals surface area contributed by atoms with Crippen molar-refractivity contribution >= 4 is 28.4 Å². The molecule has 3 rings (SSSR count). The molecule has 0 unspecified atom stereocenters. The molecule has 6 nitrogen and oxygen atoms in total. The standard InChI is InChI=1S/C22H20F3N5O/c23-22(24,25)16-2-4-18(5-3-16)27-29-20-10-12-21(13-11-20)30-28-19-8-6-17(7-9-19)26-14-1-15-31/h2-13,26,31H,1,14-15H2. The highest BCUT2D eigenvalue weighted by atomic mass is 19.4. The lowest BCUT2D eigenvalue weighted by Gasteiger charge is -2.05. The summed E-state index contributed by atoms with van der Waals surface area (Å²) in [6.07, 6.45) is -3.69. The maximum Gasteiger partial charge on any atom is 0.416 e. The zero-order valence-electron chi connectivity index (χ0n) is 16.4. The van der Waals surface area contributed by atoms with Gasteiger partial charge in [-0.2, -0.15) is 33.6 Å². The van der Waals surface area contributed by atoms with Crippen LogP contribution in [-0.4, -0.2) is 18.3 Å². The molecule has 3 aromatic carbocycles. The molecule has 0 atom stereocenters. The van der Waals surface area contributed by atoms with Crippen LogP contribution >= 0.6 is 0 Å². The van der Waals surface area contributed by atoms with Gasteiger partial charge in [0.05, 0.1) is 28.3 Å². The van der Waals surface area contributed by atoms with Crippen LogP contribution in [0.4, 0.5) is 41.6 Å². The second-order valence-electron chi connectivity index (χ2n) is 6.51. The molecule has 0 aromatic heterocycles. The molecule has 31 heavy (non-hydrogen) atoms. The second-order valence-corrected chi connectivity index (χ2v) is 6.51. The Morgan fingerprint density at radius 1 is 0.645 bits per heavy atom. The fraction of sp³-hybridized carbons (Fsp3) is 0.182. The predicted octanol–water partition coefficient (Wildman–Crippen LogP) is 7.33. The summed E-state index contributed by atoms with van der Waals surface area (Å²) >= 11 is 0. The summed E-state index contributed by atoms with van der Waals surface area (Å²) in [5, 5.41) is 28.3. The third kappa shape index (κ3) is 7.00. The monoisotopic (exact) mass is 427 g/mol. The van der Waals surface area contributed by atoms with Crippen molar-refractivity contribution in [2.24, 2.45) is 20.5 Å². The Morgan fingerprint density at radius 3 is 1.42 bits per heavy atom. The zero-order chi connectivity index (χ0) is 22.1. The Bertz CT molecular complexity index is 1020. The SMILES string of the molecule is OCCCNc1ccc(N=Nc2ccc(N=Nc3ccc(C(F)(F)F)cc3)cc2)cc1. The zero-order valence-corrected chi connectivity index (χ0v) is 16.4. The lowest BCUT2D eigenvalue weighted by Crippen LogP contribution is -2.03. The normalized spacial score (nSPS) is 12.0. The van der Waals surface area contributed by atoms with E-state index < -0.39 is 11.7 Å². The number of nitrogens with zero attached hydrogens (tertiary/aromatic N) is 4. The third-order valence-electron chi connectivity index (χ3n) is 4.14. The van der Waals surface area contributed by atoms with E-state index in [1.807, 2.05) is 24.3 Å². The molecule has 0 amide bonds. The Morgan fingerprint density at radius 2 is 1.03 bits per heavy atom. The summed E-state index contributed by atoms with van der Waals surface area (Å²) < 4.78 is 37.7. The summed E-state index contributed by atoms with van der Waals surface area (Å²) in [6, 6.07) is 18.7. The number of nitrogens with one attached hydrogen (secondary N) is 1. The van der Waals surface area contributed by atoms with Crippen LogP contribution in [0.15, 0.2) is 93.3 Å². The van der Waals surface area contributed by atoms with Crippen molar-refractivity contribution < 1.29 is 18.3 Å². The lowest BCUT2D eigenvalue weighted by atomic mass is 10.2. The fourth-order valence-corrected chi connectivity index (χ4v) is 2.49. The summed E-state index contributed by atoms with van der Waals surface area (Å²) in [5.41, 5.74) is 2.39. The Labute approximate surface area is 177 Å². The molecule has 0 aliphatic rings. The van der Waals surface area contributed by atoms with Gasteiger partial charge in [0.2, 0.25) is 0 Å². The largest absolute Gasteiger partial charge is 0.416 e. The molecule has 2 N–H and O–H groups in total. The van der Waals surface area contributed by atoms with Gasteiger partial charge in [0.15, 0.2) is 0 Å². The van der Waals surface area contributed by atoms with Crippen molar-refractivity contribution in [3.05, 3.63) is 78.4 Å². The first-order chi connectivity index (χ1) is 14.9. The van der Waals surface area contributed by atoms with Crippen LogP contribution in [0.3, 0.4) is 0 Å². The first-order valence-corrected chi connectivity index (χ1v) is 9.50. The summed E-state index contributed by atoms with van der Waals surface area (Å²) in [4.78, 5) is 0. The molecular weight excluding hydrogens is 407 g/mol. The van der Waals surface area contributed by atoms with Gasteiger partial charge in [0, 0.05) is 18.8 Å². The highest BCUT2D eigenvalue weighted by Crippen LogP contribution is 2.31. The number of alkyl halides is 3. The van der Waals surface area contributed by atoms with E-state index in [9.17, 15) is 13.2 Å². The van der Waals surface area contributed by atoms with Crippen LogP contribution in [0, 0.1) is 0 Å². The Kier molecular flexibility index (Phi) is 7.45. The minimum Gasteiger partial charge on any atom is -0.396 e. The predicted molar refractivity (Wildman–Crippen MR) is 113 cm³/mol. The molecule has 0 heterocycles. The number of anilines is 1. The molecule has 0 saturated carbocycles. The average molecular weight is 427 g/mol. The molecule has 0 aliphatic heterocycles. The van der Waals surface area contributed by atoms with E-state index in [4.69, 9.17) is 5.11 Å². The van der Waals surface area contributed by atoms with Crippen molar-refractivity contribution in [2.75, 3.05) is 18.5 Å². The summed E-state index contributed by atoms with van der Waals surface area (Å²) in [6.45, 7) is 0.842. The van der Waals surface area contributed by atoms with Crippen molar-refractivity contribution in [3.63, 3.8) is 0 Å². The van der Waals surface area contributed by atoms with E-state index in [0.717, 1.165) is 17.8 Å². The maximum absolute atomic E-state index is 12.6. The van der Waals surface area contributed by atoms with Gasteiger partial charge in [-0.15, -0.1) is 0 Å². The van der Waals surface area contributed by atoms with E-state index >= 15 is 0 Å². The number of rotatable bonds is 8. The Balaban J connectivity index is 1.56. The molecule has 3 aromatic rings. The summed E-state index contributed by atoms with van der Waals surface area (Å²) in [7, 11) is 0. The van der Waals surface area contributed by atoms with Crippen LogP contribution < -0.4 is 5.32 Å². The van der Waals surface area contributed by atoms with Gasteiger partial charge >= 0.3 is 6.18 Å². The van der Waals surface area contributed by atoms with E-state index in [0.29, 0.717) is 35.7 Å². The van der Waals surface area contributed by atoms with Gasteiger partial charge in [-0.3, -0.25) is 0 Å². The third-order valence-corrected chi connectivity index (χ3v) is 4.14. The average Bonchev–Trinajstić information content (AvgIpc) is 2.78. The van der Waals surface area contributed by atoms with Crippen molar-refractivity contribution in [3.8, 4) is 0 Å². The number of halogens is 3. The highest BCUT2D eigenvalue weighted by Gasteiger charge is 2.29. The van der Waals surface area contributed by atoms with Crippen molar-refractivity contribution in [2.45, 2.75) is 12.6 Å². The van der Waals surface area contributed by atoms with Gasteiger partial charge in [-0.05, 0) is 79.2 Å². The van der Waals surface area contributed by atoms with Crippen molar-refractivity contribution in [1.29, 1.82) is 0 Å². The molecule has 0 saturated heterocycles. The molecule has 0 fully saturated rings.